The van der Waals surface area contributed by atoms with Crippen LogP contribution in [0.25, 0.3) is 22.6 Å². The lowest BCUT2D eigenvalue weighted by molar-refractivity contribution is 0.215. The molecule has 0 saturated carbocycles. The number of rotatable bonds is 6. The number of oxazole rings is 1. The van der Waals surface area contributed by atoms with Gasteiger partial charge in [0.15, 0.2) is 5.58 Å². The molecule has 1 aliphatic rings. The van der Waals surface area contributed by atoms with E-state index in [0.717, 1.165) is 36.5 Å². The van der Waals surface area contributed by atoms with E-state index in [0.29, 0.717) is 33.9 Å². The zero-order chi connectivity index (χ0) is 21.0. The largest absolute Gasteiger partial charge is 0.493 e. The normalized spacial score (nSPS) is 14.6. The van der Waals surface area contributed by atoms with Gasteiger partial charge in [-0.1, -0.05) is 11.6 Å². The predicted molar refractivity (Wildman–Crippen MR) is 122 cm³/mol. The highest BCUT2D eigenvalue weighted by molar-refractivity contribution is 6.30. The first-order chi connectivity index (χ1) is 15.2. The summed E-state index contributed by atoms with van der Waals surface area (Å²) in [4.78, 5) is 4.60. The summed E-state index contributed by atoms with van der Waals surface area (Å²) in [6.07, 6.45) is 2.34. The number of nitrogens with zero attached hydrogens (tertiary/aromatic N) is 1. The number of benzene rings is 3. The van der Waals surface area contributed by atoms with E-state index in [1.165, 1.54) is 12.8 Å². The topological polar surface area (TPSA) is 56.5 Å². The predicted octanol–water partition coefficient (Wildman–Crippen LogP) is 6.32. The molecule has 0 radical (unpaired) electrons. The maximum atomic E-state index is 5.99. The Morgan fingerprint density at radius 3 is 2.39 bits per heavy atom. The molecule has 0 atom stereocenters. The fourth-order valence-electron chi connectivity index (χ4n) is 3.69. The van der Waals surface area contributed by atoms with Gasteiger partial charge in [-0.15, -0.1) is 0 Å². The molecule has 0 amide bonds. The van der Waals surface area contributed by atoms with Crippen molar-refractivity contribution in [3.63, 3.8) is 0 Å². The number of hydrogen-bond donors (Lipinski definition) is 1. The number of hydrogen-bond acceptors (Lipinski definition) is 5. The Labute approximate surface area is 186 Å². The van der Waals surface area contributed by atoms with Gasteiger partial charge in [-0.25, -0.2) is 4.98 Å². The van der Waals surface area contributed by atoms with Crippen LogP contribution in [0.4, 0.5) is 0 Å². The number of aromatic nitrogens is 1. The van der Waals surface area contributed by atoms with E-state index < -0.39 is 0 Å². The smallest absolute Gasteiger partial charge is 0.227 e. The molecule has 3 aromatic carbocycles. The van der Waals surface area contributed by atoms with Gasteiger partial charge in [0.2, 0.25) is 5.89 Å². The highest BCUT2D eigenvalue weighted by Crippen LogP contribution is 2.30. The Hall–Kier alpha value is -3.02. The summed E-state index contributed by atoms with van der Waals surface area (Å²) in [5.41, 5.74) is 2.36. The van der Waals surface area contributed by atoms with Crippen molar-refractivity contribution in [2.75, 3.05) is 19.7 Å². The van der Waals surface area contributed by atoms with Crippen LogP contribution in [0.3, 0.4) is 0 Å². The lowest BCUT2D eigenvalue weighted by atomic mass is 9.99. The SMILES string of the molecule is Clc1ccc(Oc2ccc3nc(-c4ccc(OCC5CCNCC5)cc4)oc3c2)cc1. The van der Waals surface area contributed by atoms with Crippen LogP contribution in [0.5, 0.6) is 17.2 Å². The van der Waals surface area contributed by atoms with Crippen molar-refractivity contribution in [1.82, 2.24) is 10.3 Å². The minimum Gasteiger partial charge on any atom is -0.493 e. The summed E-state index contributed by atoms with van der Waals surface area (Å²) in [7, 11) is 0. The first-order valence-corrected chi connectivity index (χ1v) is 10.9. The fourth-order valence-corrected chi connectivity index (χ4v) is 3.81. The molecule has 1 fully saturated rings. The molecule has 0 aliphatic carbocycles. The number of nitrogens with one attached hydrogen (secondary N) is 1. The molecule has 4 aromatic rings. The molecule has 31 heavy (non-hydrogen) atoms. The Kier molecular flexibility index (Phi) is 5.78. The molecule has 1 saturated heterocycles. The summed E-state index contributed by atoms with van der Waals surface area (Å²) in [6, 6.07) is 20.8. The zero-order valence-electron chi connectivity index (χ0n) is 17.0. The molecule has 0 bridgehead atoms. The van der Waals surface area contributed by atoms with Gasteiger partial charge in [-0.05, 0) is 92.5 Å². The van der Waals surface area contributed by atoms with Crippen LogP contribution in [0, 0.1) is 5.92 Å². The monoisotopic (exact) mass is 434 g/mol. The Morgan fingerprint density at radius 2 is 1.61 bits per heavy atom. The molecule has 158 valence electrons. The molecule has 0 spiro atoms. The number of halogens is 1. The van der Waals surface area contributed by atoms with E-state index >= 15 is 0 Å². The Balaban J connectivity index is 1.27. The second kappa shape index (κ2) is 9.00. The van der Waals surface area contributed by atoms with Gasteiger partial charge in [0.1, 0.15) is 22.8 Å². The maximum Gasteiger partial charge on any atom is 0.227 e. The van der Waals surface area contributed by atoms with E-state index in [2.05, 4.69) is 10.3 Å². The Bertz CT molecular complexity index is 1150. The average Bonchev–Trinajstić information content (AvgIpc) is 3.24. The highest BCUT2D eigenvalue weighted by atomic mass is 35.5. The zero-order valence-corrected chi connectivity index (χ0v) is 17.8. The van der Waals surface area contributed by atoms with Crippen molar-refractivity contribution in [1.29, 1.82) is 0 Å². The number of fused-ring (bicyclic) bond motifs is 1. The van der Waals surface area contributed by atoms with E-state index in [-0.39, 0.29) is 0 Å². The van der Waals surface area contributed by atoms with Gasteiger partial charge in [-0.3, -0.25) is 0 Å². The van der Waals surface area contributed by atoms with Crippen LogP contribution in [0.1, 0.15) is 12.8 Å². The van der Waals surface area contributed by atoms with Gasteiger partial charge < -0.3 is 19.2 Å². The van der Waals surface area contributed by atoms with Crippen molar-refractivity contribution in [3.05, 3.63) is 71.8 Å². The van der Waals surface area contributed by atoms with Gasteiger partial charge in [0, 0.05) is 16.7 Å². The van der Waals surface area contributed by atoms with Crippen LogP contribution in [0.2, 0.25) is 5.02 Å². The summed E-state index contributed by atoms with van der Waals surface area (Å²) in [5.74, 6) is 3.46. The molecule has 1 aromatic heterocycles. The van der Waals surface area contributed by atoms with Gasteiger partial charge in [0.25, 0.3) is 0 Å². The Morgan fingerprint density at radius 1 is 0.903 bits per heavy atom. The second-order valence-electron chi connectivity index (χ2n) is 7.73. The fraction of sp³-hybridized carbons (Fsp3) is 0.240. The molecular formula is C25H23ClN2O3. The molecule has 0 unspecified atom stereocenters. The van der Waals surface area contributed by atoms with Crippen molar-refractivity contribution in [3.8, 4) is 28.7 Å². The summed E-state index contributed by atoms with van der Waals surface area (Å²) >= 11 is 5.93. The van der Waals surface area contributed by atoms with Crippen molar-refractivity contribution < 1.29 is 13.9 Å². The van der Waals surface area contributed by atoms with Gasteiger partial charge >= 0.3 is 0 Å². The lowest BCUT2D eigenvalue weighted by Gasteiger charge is -2.22. The third-order valence-corrected chi connectivity index (χ3v) is 5.71. The minimum absolute atomic E-state index is 0.573. The molecule has 5 nitrogen and oxygen atoms in total. The molecule has 1 aliphatic heterocycles. The summed E-state index contributed by atoms with van der Waals surface area (Å²) in [6.45, 7) is 2.93. The van der Waals surface area contributed by atoms with Crippen molar-refractivity contribution in [2.45, 2.75) is 12.8 Å². The van der Waals surface area contributed by atoms with E-state index in [9.17, 15) is 0 Å². The van der Waals surface area contributed by atoms with Crippen molar-refractivity contribution >= 4 is 22.7 Å². The third kappa shape index (κ3) is 4.84. The first-order valence-electron chi connectivity index (χ1n) is 10.5. The average molecular weight is 435 g/mol. The van der Waals surface area contributed by atoms with Gasteiger partial charge in [-0.2, -0.15) is 0 Å². The highest BCUT2D eigenvalue weighted by Gasteiger charge is 2.14. The van der Waals surface area contributed by atoms with Crippen molar-refractivity contribution in [2.24, 2.45) is 5.92 Å². The quantitative estimate of drug-likeness (QED) is 0.385. The van der Waals surface area contributed by atoms with Crippen LogP contribution < -0.4 is 14.8 Å². The molecule has 5 rings (SSSR count). The first kappa shape index (κ1) is 19.9. The van der Waals surface area contributed by atoms with Crippen LogP contribution >= 0.6 is 11.6 Å². The molecular weight excluding hydrogens is 412 g/mol. The van der Waals surface area contributed by atoms with E-state index in [1.54, 1.807) is 12.1 Å². The van der Waals surface area contributed by atoms with Crippen LogP contribution in [0.15, 0.2) is 71.1 Å². The molecule has 2 heterocycles. The van der Waals surface area contributed by atoms with Crippen LogP contribution in [-0.2, 0) is 0 Å². The number of piperidine rings is 1. The maximum absolute atomic E-state index is 5.99. The van der Waals surface area contributed by atoms with Crippen LogP contribution in [-0.4, -0.2) is 24.7 Å². The summed E-state index contributed by atoms with van der Waals surface area (Å²) < 4.78 is 17.8. The van der Waals surface area contributed by atoms with Gasteiger partial charge in [0.05, 0.1) is 6.61 Å². The summed E-state index contributed by atoms with van der Waals surface area (Å²) in [5, 5.41) is 4.05. The lowest BCUT2D eigenvalue weighted by Crippen LogP contribution is -2.30. The molecule has 1 N–H and O–H groups in total. The minimum atomic E-state index is 0.573. The van der Waals surface area contributed by atoms with E-state index in [4.69, 9.17) is 25.5 Å². The molecule has 6 heteroatoms. The standard InChI is InChI=1S/C25H23ClN2O3/c26-19-3-7-21(8-4-19)30-22-9-10-23-24(15-22)31-25(28-23)18-1-5-20(6-2-18)29-16-17-11-13-27-14-12-17/h1-10,15,17,27H,11-14,16H2. The number of ether oxygens (including phenoxy) is 2. The third-order valence-electron chi connectivity index (χ3n) is 5.45. The second-order valence-corrected chi connectivity index (χ2v) is 8.17. The van der Waals surface area contributed by atoms with E-state index in [1.807, 2.05) is 54.6 Å².